The molecule has 2 unspecified atom stereocenters. The van der Waals surface area contributed by atoms with Crippen LogP contribution >= 0.6 is 11.8 Å². The minimum absolute atomic E-state index is 0. The van der Waals surface area contributed by atoms with Gasteiger partial charge in [0.25, 0.3) is 0 Å². The third-order valence-electron chi connectivity index (χ3n) is 2.40. The van der Waals surface area contributed by atoms with E-state index < -0.39 is 12.0 Å². The molecule has 0 aromatic heterocycles. The molecule has 6 nitrogen and oxygen atoms in total. The summed E-state index contributed by atoms with van der Waals surface area (Å²) >= 11 is 1.51. The minimum atomic E-state index is -1.05. The predicted molar refractivity (Wildman–Crippen MR) is 57.4 cm³/mol. The summed E-state index contributed by atoms with van der Waals surface area (Å²) in [4.78, 5) is 23.5. The van der Waals surface area contributed by atoms with E-state index in [1.165, 1.54) is 16.7 Å². The summed E-state index contributed by atoms with van der Waals surface area (Å²) in [6.07, 6.45) is 0. The molecule has 0 bridgehead atoms. The third-order valence-corrected chi connectivity index (χ3v) is 3.85. The molecular formula is C8H14ClN3O3S. The topological polar surface area (TPSA) is 120 Å². The lowest BCUT2D eigenvalue weighted by atomic mass is 10.0. The fourth-order valence-electron chi connectivity index (χ4n) is 1.67. The van der Waals surface area contributed by atoms with Crippen molar-refractivity contribution in [2.45, 2.75) is 18.3 Å². The molecule has 2 rings (SSSR count). The smallest absolute Gasteiger partial charge is 0.352 e. The number of fused-ring (bicyclic) bond motifs is 1. The Bertz CT molecular complexity index is 360. The van der Waals surface area contributed by atoms with E-state index >= 15 is 0 Å². The van der Waals surface area contributed by atoms with E-state index in [0.29, 0.717) is 5.75 Å². The quantitative estimate of drug-likeness (QED) is 0.437. The zero-order chi connectivity index (χ0) is 10.5. The van der Waals surface area contributed by atoms with Crippen LogP contribution in [0.5, 0.6) is 0 Å². The fourth-order valence-corrected chi connectivity index (χ4v) is 2.91. The van der Waals surface area contributed by atoms with Crippen molar-refractivity contribution in [2.24, 2.45) is 5.73 Å². The lowest BCUT2D eigenvalue weighted by Crippen LogP contribution is -3.00. The van der Waals surface area contributed by atoms with Gasteiger partial charge in [0.15, 0.2) is 0 Å². The molecular weight excluding hydrogens is 254 g/mol. The van der Waals surface area contributed by atoms with Crippen LogP contribution < -0.4 is 24.3 Å². The van der Waals surface area contributed by atoms with Gasteiger partial charge < -0.3 is 29.4 Å². The van der Waals surface area contributed by atoms with Gasteiger partial charge in [-0.05, 0) is 12.5 Å². The van der Waals surface area contributed by atoms with E-state index in [4.69, 9.17) is 10.8 Å². The van der Waals surface area contributed by atoms with Crippen molar-refractivity contribution in [1.82, 2.24) is 11.1 Å². The number of nitrogens with zero attached hydrogens (tertiary/aromatic N) is 1. The number of carboxylic acids is 1. The molecule has 8 heteroatoms. The van der Waals surface area contributed by atoms with Gasteiger partial charge in [-0.15, -0.1) is 11.8 Å². The monoisotopic (exact) mass is 267 g/mol. The van der Waals surface area contributed by atoms with Gasteiger partial charge in [0.2, 0.25) is 5.91 Å². The summed E-state index contributed by atoms with van der Waals surface area (Å²) in [7, 11) is 0. The van der Waals surface area contributed by atoms with Gasteiger partial charge in [0.1, 0.15) is 17.1 Å². The van der Waals surface area contributed by atoms with Crippen LogP contribution in [0.3, 0.4) is 0 Å². The van der Waals surface area contributed by atoms with Crippen LogP contribution in [0.15, 0.2) is 11.3 Å². The van der Waals surface area contributed by atoms with Crippen molar-refractivity contribution in [3.8, 4) is 0 Å². The number of carbonyl (C=O) groups is 2. The van der Waals surface area contributed by atoms with Gasteiger partial charge >= 0.3 is 5.97 Å². The maximum atomic E-state index is 11.3. The van der Waals surface area contributed by atoms with Crippen LogP contribution in [0.25, 0.3) is 0 Å². The zero-order valence-corrected chi connectivity index (χ0v) is 10.5. The van der Waals surface area contributed by atoms with Gasteiger partial charge in [-0.25, -0.2) is 4.79 Å². The van der Waals surface area contributed by atoms with Crippen LogP contribution in [0, 0.1) is 0 Å². The number of halogens is 1. The van der Waals surface area contributed by atoms with Gasteiger partial charge in [-0.3, -0.25) is 9.69 Å². The first-order valence-corrected chi connectivity index (χ1v) is 5.22. The maximum absolute atomic E-state index is 11.3. The number of aliphatic carboxylic acids is 1. The molecule has 16 heavy (non-hydrogen) atoms. The molecule has 0 aromatic carbocycles. The van der Waals surface area contributed by atoms with Gasteiger partial charge in [-0.1, -0.05) is 0 Å². The van der Waals surface area contributed by atoms with Crippen LogP contribution in [0.4, 0.5) is 0 Å². The molecule has 2 aliphatic rings. The predicted octanol–water partition coefficient (Wildman–Crippen LogP) is -3.03. The Kier molecular flexibility index (Phi) is 4.81. The Labute approximate surface area is 103 Å². The van der Waals surface area contributed by atoms with Crippen molar-refractivity contribution in [3.63, 3.8) is 0 Å². The largest absolute Gasteiger partial charge is 1.00 e. The molecule has 0 aliphatic carbocycles. The average Bonchev–Trinajstić information content (AvgIpc) is 2.15. The number of hydrogen-bond donors (Lipinski definition) is 3. The highest BCUT2D eigenvalue weighted by atomic mass is 35.5. The molecule has 2 atom stereocenters. The Morgan fingerprint density at radius 3 is 2.69 bits per heavy atom. The van der Waals surface area contributed by atoms with E-state index in [-0.39, 0.29) is 35.5 Å². The minimum Gasteiger partial charge on any atom is -1.00 e. The molecule has 7 N–H and O–H groups in total. The Morgan fingerprint density at radius 2 is 2.19 bits per heavy atom. The van der Waals surface area contributed by atoms with E-state index in [1.807, 2.05) is 0 Å². The van der Waals surface area contributed by atoms with Crippen molar-refractivity contribution in [1.29, 1.82) is 0 Å². The summed E-state index contributed by atoms with van der Waals surface area (Å²) in [5.74, 6) is -0.712. The third kappa shape index (κ3) is 1.91. The second-order valence-corrected chi connectivity index (χ2v) is 4.47. The molecule has 1 saturated heterocycles. The van der Waals surface area contributed by atoms with Gasteiger partial charge in [0.05, 0.1) is 0 Å². The highest BCUT2D eigenvalue weighted by molar-refractivity contribution is 8.00. The molecule has 2 aliphatic heterocycles. The molecule has 92 valence electrons. The molecule has 0 saturated carbocycles. The van der Waals surface area contributed by atoms with E-state index in [0.717, 1.165) is 5.57 Å². The first-order chi connectivity index (χ1) is 6.54. The summed E-state index contributed by atoms with van der Waals surface area (Å²) < 4.78 is 0. The van der Waals surface area contributed by atoms with Crippen LogP contribution in [0.2, 0.25) is 0 Å². The van der Waals surface area contributed by atoms with E-state index in [1.54, 1.807) is 6.92 Å². The fraction of sp³-hybridized carbons (Fsp3) is 0.500. The van der Waals surface area contributed by atoms with Crippen LogP contribution in [-0.2, 0) is 9.59 Å². The number of rotatable bonds is 1. The van der Waals surface area contributed by atoms with Crippen LogP contribution in [0.1, 0.15) is 6.92 Å². The zero-order valence-electron chi connectivity index (χ0n) is 8.94. The Morgan fingerprint density at radius 1 is 1.62 bits per heavy atom. The molecule has 1 fully saturated rings. The van der Waals surface area contributed by atoms with Crippen molar-refractivity contribution >= 4 is 23.6 Å². The second kappa shape index (κ2) is 5.05. The van der Waals surface area contributed by atoms with Crippen molar-refractivity contribution < 1.29 is 27.1 Å². The number of hydrogen-bond acceptors (Lipinski definition) is 4. The molecule has 2 heterocycles. The Hall–Kier alpha value is -0.760. The second-order valence-electron chi connectivity index (χ2n) is 3.37. The first-order valence-electron chi connectivity index (χ1n) is 4.17. The van der Waals surface area contributed by atoms with Crippen molar-refractivity contribution in [2.75, 3.05) is 5.75 Å². The normalized spacial score (nSPS) is 27.4. The molecule has 0 spiro atoms. The number of nitrogens with two attached hydrogens (primary N) is 1. The summed E-state index contributed by atoms with van der Waals surface area (Å²) in [5.41, 5.74) is 6.39. The van der Waals surface area contributed by atoms with Crippen LogP contribution in [-0.4, -0.2) is 39.1 Å². The number of carboxylic acid groups (broad SMARTS) is 1. The molecule has 1 amide bonds. The number of thioether (sulfide) groups is 1. The lowest BCUT2D eigenvalue weighted by molar-refractivity contribution is -0.147. The maximum Gasteiger partial charge on any atom is 0.352 e. The summed E-state index contributed by atoms with van der Waals surface area (Å²) in [5, 5.41) is 8.75. The Balaban J connectivity index is 0.00000112. The highest BCUT2D eigenvalue weighted by Gasteiger charge is 2.51. The number of quaternary nitrogens is 1. The highest BCUT2D eigenvalue weighted by Crippen LogP contribution is 2.38. The molecule has 0 aromatic rings. The van der Waals surface area contributed by atoms with E-state index in [9.17, 15) is 9.59 Å². The van der Waals surface area contributed by atoms with Gasteiger partial charge in [-0.2, -0.15) is 0 Å². The first kappa shape index (κ1) is 15.2. The number of carbonyl (C=O) groups excluding carboxylic acids is 1. The average molecular weight is 268 g/mol. The standard InChI is InChI=1S/C8H10N2O3S.ClH.H3N/c1-3-2-14-7-4(9)6(11)10(7)5(3)8(12)13;;/h4,7H,2,9H2,1H3,(H,12,13);1H;1H3. The van der Waals surface area contributed by atoms with E-state index in [2.05, 4.69) is 0 Å². The number of amides is 1. The summed E-state index contributed by atoms with van der Waals surface area (Å²) in [6.45, 7) is 1.73. The number of β-lactam (4-membered cyclic amide) rings is 1. The lowest BCUT2D eigenvalue weighted by Gasteiger charge is -2.47. The SMILES string of the molecule is CC1=C(C(=O)O)N2C(=O)C(N)C2SC1.[Cl-].[NH4+]. The van der Waals surface area contributed by atoms with Crippen molar-refractivity contribution in [3.05, 3.63) is 11.3 Å². The van der Waals surface area contributed by atoms with Gasteiger partial charge in [0, 0.05) is 5.75 Å². The summed E-state index contributed by atoms with van der Waals surface area (Å²) in [6, 6.07) is -0.539. The molecule has 0 radical (unpaired) electrons.